The zero-order valence-electron chi connectivity index (χ0n) is 16.0. The number of hydrogen-bond donors (Lipinski definition) is 1. The molecule has 1 aromatic heterocycles. The molecule has 4 aliphatic rings. The van der Waals surface area contributed by atoms with Gasteiger partial charge in [-0.1, -0.05) is 0 Å². The number of nitrogens with zero attached hydrogens (tertiary/aromatic N) is 3. The number of aromatic nitrogens is 2. The smallest absolute Gasteiger partial charge is 0.226 e. The lowest BCUT2D eigenvalue weighted by atomic mass is 10.1. The van der Waals surface area contributed by atoms with Crippen LogP contribution in [0, 0.1) is 17.8 Å². The topological polar surface area (TPSA) is 76.5 Å². The molecule has 0 spiro atoms. The Morgan fingerprint density at radius 3 is 2.89 bits per heavy atom. The third-order valence-corrected chi connectivity index (χ3v) is 6.98. The first-order valence-electron chi connectivity index (χ1n) is 10.3. The molecule has 1 aromatic rings. The Bertz CT molecular complexity index is 750. The predicted molar refractivity (Wildman–Crippen MR) is 97.7 cm³/mol. The van der Waals surface area contributed by atoms with Crippen LogP contribution in [-0.2, 0) is 21.4 Å². The van der Waals surface area contributed by atoms with Crippen LogP contribution in [0.15, 0.2) is 12.3 Å². The Morgan fingerprint density at radius 2 is 2.19 bits per heavy atom. The molecule has 2 saturated heterocycles. The SMILES string of the molecule is C[C@@H]1[C@H](NC(=O)[C@@H]2[C@H]3CCCO[C@H]32)CCN1C(=O)[C@@H]1C[C@H]1c1ccn(C)n1. The molecule has 0 aromatic carbocycles. The lowest BCUT2D eigenvalue weighted by molar-refractivity contribution is -0.134. The van der Waals surface area contributed by atoms with Gasteiger partial charge in [-0.15, -0.1) is 0 Å². The molecular weight excluding hydrogens is 344 g/mol. The Hall–Kier alpha value is -1.89. The Kier molecular flexibility index (Phi) is 4.04. The van der Waals surface area contributed by atoms with E-state index in [0.29, 0.717) is 5.92 Å². The van der Waals surface area contributed by atoms with E-state index in [1.165, 1.54) is 0 Å². The molecule has 0 radical (unpaired) electrons. The summed E-state index contributed by atoms with van der Waals surface area (Å²) in [5.41, 5.74) is 1.02. The lowest BCUT2D eigenvalue weighted by Gasteiger charge is -2.25. The standard InChI is InChI=1S/C20H28N4O3/c1-11-15(21-19(25)17-12-4-3-9-27-18(12)17)6-8-24(11)20(26)14-10-13(14)16-5-7-23(2)22-16/h5,7,11-15,17-18H,3-4,6,8-10H2,1-2H3,(H,21,25)/t11-,12-,13-,14-,15-,17-,18-/m1/s1. The van der Waals surface area contributed by atoms with E-state index < -0.39 is 0 Å². The molecular formula is C20H28N4O3. The van der Waals surface area contributed by atoms with Gasteiger partial charge in [-0.3, -0.25) is 14.3 Å². The molecule has 5 rings (SSSR count). The van der Waals surface area contributed by atoms with Gasteiger partial charge in [0.1, 0.15) is 0 Å². The van der Waals surface area contributed by atoms with Crippen LogP contribution in [0.25, 0.3) is 0 Å². The summed E-state index contributed by atoms with van der Waals surface area (Å²) in [7, 11) is 1.90. The van der Waals surface area contributed by atoms with Crippen molar-refractivity contribution in [1.82, 2.24) is 20.0 Å². The molecule has 2 aliphatic heterocycles. The minimum atomic E-state index is 0.0291. The number of carbonyl (C=O) groups is 2. The molecule has 0 unspecified atom stereocenters. The molecule has 4 fully saturated rings. The highest BCUT2D eigenvalue weighted by atomic mass is 16.5. The highest BCUT2D eigenvalue weighted by Crippen LogP contribution is 2.49. The molecule has 7 atom stereocenters. The van der Waals surface area contributed by atoms with E-state index in [1.807, 2.05) is 24.2 Å². The van der Waals surface area contributed by atoms with Gasteiger partial charge in [-0.05, 0) is 38.7 Å². The van der Waals surface area contributed by atoms with Gasteiger partial charge in [-0.2, -0.15) is 5.10 Å². The van der Waals surface area contributed by atoms with E-state index in [1.54, 1.807) is 4.68 Å². The number of carbonyl (C=O) groups excluding carboxylic acids is 2. The molecule has 27 heavy (non-hydrogen) atoms. The van der Waals surface area contributed by atoms with Crippen LogP contribution in [0.4, 0.5) is 0 Å². The summed E-state index contributed by atoms with van der Waals surface area (Å²) in [6.45, 7) is 3.57. The zero-order chi connectivity index (χ0) is 18.7. The maximum absolute atomic E-state index is 12.9. The fourth-order valence-electron chi connectivity index (χ4n) is 5.16. The van der Waals surface area contributed by atoms with Gasteiger partial charge in [0.25, 0.3) is 0 Å². The molecule has 3 heterocycles. The highest BCUT2D eigenvalue weighted by Gasteiger charge is 2.57. The van der Waals surface area contributed by atoms with Crippen molar-refractivity contribution in [1.29, 1.82) is 0 Å². The summed E-state index contributed by atoms with van der Waals surface area (Å²) in [6, 6.07) is 2.11. The van der Waals surface area contributed by atoms with Crippen molar-refractivity contribution >= 4 is 11.8 Å². The Labute approximate surface area is 159 Å². The summed E-state index contributed by atoms with van der Waals surface area (Å²) in [5.74, 6) is 1.09. The molecule has 2 amide bonds. The number of likely N-dealkylation sites (tertiary alicyclic amines) is 1. The monoisotopic (exact) mass is 372 g/mol. The van der Waals surface area contributed by atoms with E-state index in [4.69, 9.17) is 4.74 Å². The molecule has 7 heteroatoms. The van der Waals surface area contributed by atoms with Crippen molar-refractivity contribution < 1.29 is 14.3 Å². The second-order valence-electron chi connectivity index (χ2n) is 8.71. The van der Waals surface area contributed by atoms with Gasteiger partial charge >= 0.3 is 0 Å². The number of rotatable bonds is 4. The fraction of sp³-hybridized carbons (Fsp3) is 0.750. The molecule has 7 nitrogen and oxygen atoms in total. The summed E-state index contributed by atoms with van der Waals surface area (Å²) in [5, 5.41) is 7.65. The Balaban J connectivity index is 1.16. The second-order valence-corrected chi connectivity index (χ2v) is 8.71. The molecule has 2 saturated carbocycles. The molecule has 1 N–H and O–H groups in total. The third kappa shape index (κ3) is 2.96. The van der Waals surface area contributed by atoms with E-state index in [0.717, 1.165) is 44.5 Å². The van der Waals surface area contributed by atoms with Gasteiger partial charge in [0.2, 0.25) is 11.8 Å². The average Bonchev–Trinajstić information content (AvgIpc) is 3.53. The zero-order valence-corrected chi connectivity index (χ0v) is 16.0. The number of ether oxygens (including phenoxy) is 1. The summed E-state index contributed by atoms with van der Waals surface area (Å²) >= 11 is 0. The minimum Gasteiger partial charge on any atom is -0.377 e. The first-order chi connectivity index (χ1) is 13.0. The number of hydrogen-bond acceptors (Lipinski definition) is 4. The molecule has 146 valence electrons. The number of fused-ring (bicyclic) bond motifs is 1. The van der Waals surface area contributed by atoms with Crippen molar-refractivity contribution in [3.63, 3.8) is 0 Å². The second kappa shape index (κ2) is 6.33. The van der Waals surface area contributed by atoms with E-state index in [-0.39, 0.29) is 47.8 Å². The van der Waals surface area contributed by atoms with Crippen LogP contribution in [-0.4, -0.2) is 57.8 Å². The number of nitrogens with one attached hydrogen (secondary N) is 1. The first kappa shape index (κ1) is 17.2. The predicted octanol–water partition coefficient (Wildman–Crippen LogP) is 1.05. The van der Waals surface area contributed by atoms with Crippen LogP contribution in [0.3, 0.4) is 0 Å². The highest BCUT2D eigenvalue weighted by molar-refractivity contribution is 5.85. The minimum absolute atomic E-state index is 0.0291. The van der Waals surface area contributed by atoms with Gasteiger partial charge in [0.05, 0.1) is 23.8 Å². The number of amides is 2. The van der Waals surface area contributed by atoms with Crippen LogP contribution in [0.2, 0.25) is 0 Å². The van der Waals surface area contributed by atoms with Gasteiger partial charge in [-0.25, -0.2) is 0 Å². The van der Waals surface area contributed by atoms with Crippen LogP contribution in [0.1, 0.15) is 44.2 Å². The quantitative estimate of drug-likeness (QED) is 0.857. The summed E-state index contributed by atoms with van der Waals surface area (Å²) in [4.78, 5) is 27.5. The van der Waals surface area contributed by atoms with Gasteiger partial charge in [0.15, 0.2) is 0 Å². The van der Waals surface area contributed by atoms with Crippen LogP contribution >= 0.6 is 0 Å². The molecule has 0 bridgehead atoms. The molecule has 2 aliphatic carbocycles. The Morgan fingerprint density at radius 1 is 1.33 bits per heavy atom. The van der Waals surface area contributed by atoms with Gasteiger partial charge < -0.3 is 15.0 Å². The number of aryl methyl sites for hydroxylation is 1. The van der Waals surface area contributed by atoms with Crippen molar-refractivity contribution in [2.75, 3.05) is 13.2 Å². The van der Waals surface area contributed by atoms with Crippen LogP contribution < -0.4 is 5.32 Å². The fourth-order valence-corrected chi connectivity index (χ4v) is 5.16. The van der Waals surface area contributed by atoms with E-state index >= 15 is 0 Å². The lowest BCUT2D eigenvalue weighted by Crippen LogP contribution is -2.46. The largest absolute Gasteiger partial charge is 0.377 e. The normalized spacial score (nSPS) is 39.8. The van der Waals surface area contributed by atoms with Crippen molar-refractivity contribution in [3.05, 3.63) is 18.0 Å². The van der Waals surface area contributed by atoms with Crippen LogP contribution in [0.5, 0.6) is 0 Å². The van der Waals surface area contributed by atoms with Crippen molar-refractivity contribution in [3.8, 4) is 0 Å². The van der Waals surface area contributed by atoms with Crippen molar-refractivity contribution in [2.45, 2.75) is 56.7 Å². The summed E-state index contributed by atoms with van der Waals surface area (Å²) < 4.78 is 7.49. The maximum Gasteiger partial charge on any atom is 0.226 e. The third-order valence-electron chi connectivity index (χ3n) is 6.98. The van der Waals surface area contributed by atoms with Gasteiger partial charge in [0, 0.05) is 50.2 Å². The van der Waals surface area contributed by atoms with E-state index in [9.17, 15) is 9.59 Å². The maximum atomic E-state index is 12.9. The van der Waals surface area contributed by atoms with E-state index in [2.05, 4.69) is 17.3 Å². The summed E-state index contributed by atoms with van der Waals surface area (Å²) in [6.07, 6.45) is 5.95. The average molecular weight is 372 g/mol. The van der Waals surface area contributed by atoms with Crippen molar-refractivity contribution in [2.24, 2.45) is 24.8 Å². The first-order valence-corrected chi connectivity index (χ1v) is 10.3.